The van der Waals surface area contributed by atoms with Crippen molar-refractivity contribution in [3.05, 3.63) is 24.3 Å². The van der Waals surface area contributed by atoms with E-state index in [1.807, 2.05) is 30.5 Å². The topological polar surface area (TPSA) is 79.6 Å². The molecule has 0 amide bonds. The van der Waals surface area contributed by atoms with Crippen LogP contribution >= 0.6 is 11.8 Å². The molecule has 78 valence electrons. The average Bonchev–Trinajstić information content (AvgIpc) is 2.65. The number of aromatic nitrogens is 3. The Bertz CT molecular complexity index is 436. The Morgan fingerprint density at radius 3 is 2.60 bits per heavy atom. The van der Waals surface area contributed by atoms with E-state index in [1.54, 1.807) is 11.8 Å². The van der Waals surface area contributed by atoms with Crippen molar-refractivity contribution in [2.45, 2.75) is 4.90 Å². The Balaban J connectivity index is 2.11. The van der Waals surface area contributed by atoms with Crippen LogP contribution in [0.2, 0.25) is 0 Å². The van der Waals surface area contributed by atoms with Crippen LogP contribution in [0, 0.1) is 0 Å². The Morgan fingerprint density at radius 1 is 1.33 bits per heavy atom. The number of nitrogens with one attached hydrogen (secondary N) is 2. The van der Waals surface area contributed by atoms with Gasteiger partial charge in [-0.3, -0.25) is 0 Å². The number of nitrogens with two attached hydrogens (primary N) is 1. The van der Waals surface area contributed by atoms with Crippen LogP contribution in [0.4, 0.5) is 17.6 Å². The number of rotatable bonds is 3. The number of H-pyrrole nitrogens is 1. The molecule has 4 N–H and O–H groups in total. The molecule has 0 fully saturated rings. The molecule has 0 spiro atoms. The smallest absolute Gasteiger partial charge is 0.248 e. The second kappa shape index (κ2) is 4.22. The van der Waals surface area contributed by atoms with Crippen LogP contribution in [0.3, 0.4) is 0 Å². The summed E-state index contributed by atoms with van der Waals surface area (Å²) >= 11 is 1.70. The Morgan fingerprint density at radius 2 is 2.07 bits per heavy atom. The molecule has 0 aliphatic rings. The SMILES string of the molecule is CSc1ccc(Nc2n[nH]c(N)n2)cc1. The highest BCUT2D eigenvalue weighted by atomic mass is 32.2. The lowest BCUT2D eigenvalue weighted by atomic mass is 10.3. The highest BCUT2D eigenvalue weighted by Crippen LogP contribution is 2.19. The lowest BCUT2D eigenvalue weighted by Gasteiger charge is -2.01. The zero-order valence-corrected chi connectivity index (χ0v) is 9.01. The van der Waals surface area contributed by atoms with E-state index in [0.717, 1.165) is 5.69 Å². The first kappa shape index (κ1) is 9.85. The first-order chi connectivity index (χ1) is 7.28. The fourth-order valence-electron chi connectivity index (χ4n) is 1.13. The molecular formula is C9H11N5S. The Hall–Kier alpha value is -1.69. The third kappa shape index (κ3) is 2.41. The minimum atomic E-state index is 0.304. The molecule has 0 aliphatic carbocycles. The number of anilines is 3. The summed E-state index contributed by atoms with van der Waals surface area (Å²) in [5.41, 5.74) is 6.34. The minimum absolute atomic E-state index is 0.304. The molecule has 0 unspecified atom stereocenters. The van der Waals surface area contributed by atoms with Crippen molar-refractivity contribution in [1.82, 2.24) is 15.2 Å². The van der Waals surface area contributed by atoms with Crippen molar-refractivity contribution in [3.63, 3.8) is 0 Å². The fourth-order valence-corrected chi connectivity index (χ4v) is 1.54. The van der Waals surface area contributed by atoms with Gasteiger partial charge in [0.05, 0.1) is 0 Å². The number of thioether (sulfide) groups is 1. The van der Waals surface area contributed by atoms with Crippen molar-refractivity contribution >= 4 is 29.3 Å². The summed E-state index contributed by atoms with van der Waals surface area (Å²) in [6, 6.07) is 8.00. The van der Waals surface area contributed by atoms with Gasteiger partial charge in [-0.25, -0.2) is 5.10 Å². The van der Waals surface area contributed by atoms with E-state index in [9.17, 15) is 0 Å². The van der Waals surface area contributed by atoms with Gasteiger partial charge >= 0.3 is 0 Å². The van der Waals surface area contributed by atoms with Crippen LogP contribution in [-0.2, 0) is 0 Å². The monoisotopic (exact) mass is 221 g/mol. The van der Waals surface area contributed by atoms with Crippen LogP contribution in [-0.4, -0.2) is 21.4 Å². The van der Waals surface area contributed by atoms with Crippen LogP contribution in [0.5, 0.6) is 0 Å². The molecule has 5 nitrogen and oxygen atoms in total. The van der Waals surface area contributed by atoms with Gasteiger partial charge in [-0.15, -0.1) is 16.9 Å². The van der Waals surface area contributed by atoms with E-state index in [4.69, 9.17) is 5.73 Å². The summed E-state index contributed by atoms with van der Waals surface area (Å²) in [6.07, 6.45) is 2.04. The molecule has 15 heavy (non-hydrogen) atoms. The summed E-state index contributed by atoms with van der Waals surface area (Å²) in [5.74, 6) is 0.780. The van der Waals surface area contributed by atoms with Gasteiger partial charge in [0.1, 0.15) is 0 Å². The molecule has 2 aromatic rings. The predicted octanol–water partition coefficient (Wildman–Crippen LogP) is 1.85. The van der Waals surface area contributed by atoms with Crippen LogP contribution in [0.25, 0.3) is 0 Å². The van der Waals surface area contributed by atoms with E-state index >= 15 is 0 Å². The third-order valence-electron chi connectivity index (χ3n) is 1.85. The van der Waals surface area contributed by atoms with Crippen LogP contribution in [0.15, 0.2) is 29.2 Å². The molecule has 0 atom stereocenters. The van der Waals surface area contributed by atoms with Crippen molar-refractivity contribution in [3.8, 4) is 0 Å². The highest BCUT2D eigenvalue weighted by Gasteiger charge is 1.99. The number of aromatic amines is 1. The van der Waals surface area contributed by atoms with Crippen molar-refractivity contribution in [1.29, 1.82) is 0 Å². The molecule has 0 radical (unpaired) electrons. The maximum Gasteiger partial charge on any atom is 0.248 e. The van der Waals surface area contributed by atoms with Gasteiger partial charge in [0.15, 0.2) is 0 Å². The Kier molecular flexibility index (Phi) is 2.77. The van der Waals surface area contributed by atoms with Gasteiger partial charge < -0.3 is 11.1 Å². The summed E-state index contributed by atoms with van der Waals surface area (Å²) in [6.45, 7) is 0. The molecule has 1 aromatic heterocycles. The maximum absolute atomic E-state index is 5.41. The van der Waals surface area contributed by atoms with Gasteiger partial charge in [-0.05, 0) is 30.5 Å². The van der Waals surface area contributed by atoms with Gasteiger partial charge in [-0.1, -0.05) is 0 Å². The van der Waals surface area contributed by atoms with E-state index in [0.29, 0.717) is 11.9 Å². The van der Waals surface area contributed by atoms with Crippen molar-refractivity contribution in [2.75, 3.05) is 17.3 Å². The summed E-state index contributed by atoms with van der Waals surface area (Å²) in [5, 5.41) is 9.47. The fraction of sp³-hybridized carbons (Fsp3) is 0.111. The zero-order valence-electron chi connectivity index (χ0n) is 8.19. The molecule has 0 saturated heterocycles. The number of benzene rings is 1. The quantitative estimate of drug-likeness (QED) is 0.689. The molecular weight excluding hydrogens is 210 g/mol. The van der Waals surface area contributed by atoms with E-state index < -0.39 is 0 Å². The molecule has 0 aliphatic heterocycles. The van der Waals surface area contributed by atoms with Crippen molar-refractivity contribution in [2.24, 2.45) is 0 Å². The van der Waals surface area contributed by atoms with Gasteiger partial charge in [0.25, 0.3) is 0 Å². The number of nitrogen functional groups attached to an aromatic ring is 1. The molecule has 0 saturated carbocycles. The normalized spacial score (nSPS) is 10.2. The van der Waals surface area contributed by atoms with E-state index in [-0.39, 0.29) is 0 Å². The van der Waals surface area contributed by atoms with Gasteiger partial charge in [0, 0.05) is 10.6 Å². The van der Waals surface area contributed by atoms with Gasteiger partial charge in [0.2, 0.25) is 11.9 Å². The molecule has 1 heterocycles. The zero-order chi connectivity index (χ0) is 10.7. The van der Waals surface area contributed by atoms with Crippen LogP contribution in [0.1, 0.15) is 0 Å². The molecule has 2 rings (SSSR count). The van der Waals surface area contributed by atoms with Gasteiger partial charge in [-0.2, -0.15) is 4.98 Å². The Labute approximate surface area is 91.5 Å². The second-order valence-electron chi connectivity index (χ2n) is 2.90. The first-order valence-corrected chi connectivity index (χ1v) is 5.59. The molecule has 1 aromatic carbocycles. The average molecular weight is 221 g/mol. The van der Waals surface area contributed by atoms with E-state index in [2.05, 4.69) is 20.5 Å². The third-order valence-corrected chi connectivity index (χ3v) is 2.59. The lowest BCUT2D eigenvalue weighted by molar-refractivity contribution is 1.10. The predicted molar refractivity (Wildman–Crippen MR) is 62.3 cm³/mol. The summed E-state index contributed by atoms with van der Waals surface area (Å²) < 4.78 is 0. The van der Waals surface area contributed by atoms with E-state index in [1.165, 1.54) is 4.90 Å². The molecule has 0 bridgehead atoms. The summed E-state index contributed by atoms with van der Waals surface area (Å²) in [7, 11) is 0. The number of nitrogens with zero attached hydrogens (tertiary/aromatic N) is 2. The van der Waals surface area contributed by atoms with Crippen molar-refractivity contribution < 1.29 is 0 Å². The first-order valence-electron chi connectivity index (χ1n) is 4.37. The van der Waals surface area contributed by atoms with Crippen LogP contribution < -0.4 is 11.1 Å². The molecule has 6 heteroatoms. The second-order valence-corrected chi connectivity index (χ2v) is 3.78. The largest absolute Gasteiger partial charge is 0.368 e. The lowest BCUT2D eigenvalue weighted by Crippen LogP contribution is -1.92. The summed E-state index contributed by atoms with van der Waals surface area (Å²) in [4.78, 5) is 5.16. The number of hydrogen-bond acceptors (Lipinski definition) is 5. The minimum Gasteiger partial charge on any atom is -0.368 e. The number of hydrogen-bond donors (Lipinski definition) is 3. The maximum atomic E-state index is 5.41. The standard InChI is InChI=1S/C9H11N5S/c1-15-7-4-2-6(3-5-7)11-9-12-8(10)13-14-9/h2-5H,1H3,(H4,10,11,12,13,14). The highest BCUT2D eigenvalue weighted by molar-refractivity contribution is 7.98.